The van der Waals surface area contributed by atoms with Crippen molar-refractivity contribution in [3.05, 3.63) is 70.9 Å². The number of carboxylic acid groups (broad SMARTS) is 1. The number of thiazole rings is 1. The summed E-state index contributed by atoms with van der Waals surface area (Å²) in [4.78, 5) is 16.9. The lowest BCUT2D eigenvalue weighted by molar-refractivity contribution is -0.140. The predicted octanol–water partition coefficient (Wildman–Crippen LogP) is 6.96. The minimum Gasteiger partial charge on any atom is -0.488 e. The molecule has 2 aromatic heterocycles. The third-order valence-electron chi connectivity index (χ3n) is 5.56. The van der Waals surface area contributed by atoms with Crippen LogP contribution in [-0.4, -0.2) is 20.6 Å². The fourth-order valence-electron chi connectivity index (χ4n) is 3.69. The van der Waals surface area contributed by atoms with Crippen molar-refractivity contribution < 1.29 is 27.8 Å². The van der Waals surface area contributed by atoms with E-state index in [-0.39, 0.29) is 6.61 Å². The van der Waals surface area contributed by atoms with Crippen molar-refractivity contribution in [2.75, 3.05) is 0 Å². The number of carboxylic acids is 1. The zero-order valence-electron chi connectivity index (χ0n) is 18.6. The summed E-state index contributed by atoms with van der Waals surface area (Å²) in [6, 6.07) is 11.7. The molecule has 0 radical (unpaired) electrons. The number of ether oxygens (including phenoxy) is 1. The lowest BCUT2D eigenvalue weighted by atomic mass is 10.1. The number of hydrogen-bond acceptors (Lipinski definition) is 4. The van der Waals surface area contributed by atoms with Crippen LogP contribution >= 0.6 is 11.3 Å². The van der Waals surface area contributed by atoms with E-state index in [0.717, 1.165) is 46.4 Å². The van der Waals surface area contributed by atoms with Crippen LogP contribution in [0.2, 0.25) is 0 Å². The second kappa shape index (κ2) is 9.50. The first-order valence-electron chi connectivity index (χ1n) is 10.8. The molecule has 178 valence electrons. The molecule has 0 aliphatic carbocycles. The Labute approximate surface area is 198 Å². The maximum atomic E-state index is 12.9. The van der Waals surface area contributed by atoms with Gasteiger partial charge in [0.1, 0.15) is 23.4 Å². The molecule has 0 bridgehead atoms. The molecule has 0 spiro atoms. The molecule has 5 nitrogen and oxygen atoms in total. The van der Waals surface area contributed by atoms with Crippen LogP contribution in [0.1, 0.15) is 42.4 Å². The van der Waals surface area contributed by atoms with E-state index in [2.05, 4.69) is 4.98 Å². The second-order valence-electron chi connectivity index (χ2n) is 7.96. The van der Waals surface area contributed by atoms with Gasteiger partial charge in [0.25, 0.3) is 0 Å². The summed E-state index contributed by atoms with van der Waals surface area (Å²) < 4.78 is 46.3. The van der Waals surface area contributed by atoms with E-state index in [1.807, 2.05) is 25.1 Å². The average Bonchev–Trinajstić information content (AvgIpc) is 3.40. The van der Waals surface area contributed by atoms with E-state index < -0.39 is 23.8 Å². The molecule has 2 aromatic carbocycles. The third-order valence-corrected chi connectivity index (χ3v) is 6.68. The summed E-state index contributed by atoms with van der Waals surface area (Å²) in [6.07, 6.45) is -1.01. The van der Waals surface area contributed by atoms with Gasteiger partial charge in [-0.15, -0.1) is 11.3 Å². The number of rotatable bonds is 8. The molecule has 34 heavy (non-hydrogen) atoms. The molecule has 4 rings (SSSR count). The van der Waals surface area contributed by atoms with Crippen molar-refractivity contribution in [1.82, 2.24) is 9.55 Å². The number of aliphatic carboxylic acids is 1. The summed E-state index contributed by atoms with van der Waals surface area (Å²) in [5.41, 5.74) is 1.63. The maximum absolute atomic E-state index is 12.9. The van der Waals surface area contributed by atoms with Gasteiger partial charge in [-0.25, -0.2) is 9.78 Å². The number of carbonyl (C=O) groups is 1. The van der Waals surface area contributed by atoms with Crippen LogP contribution in [0.4, 0.5) is 13.2 Å². The highest BCUT2D eigenvalue weighted by Gasteiger charge is 2.30. The number of halogens is 3. The lowest BCUT2D eigenvalue weighted by Crippen LogP contribution is -2.14. The number of alkyl halides is 3. The number of aryl methyl sites for hydroxylation is 1. The van der Waals surface area contributed by atoms with Crippen molar-refractivity contribution in [1.29, 1.82) is 0 Å². The quantitative estimate of drug-likeness (QED) is 0.291. The molecule has 9 heteroatoms. The van der Waals surface area contributed by atoms with E-state index in [4.69, 9.17) is 4.74 Å². The highest BCUT2D eigenvalue weighted by Crippen LogP contribution is 2.34. The monoisotopic (exact) mass is 488 g/mol. The Hall–Kier alpha value is -3.33. The number of hydrogen-bond donors (Lipinski definition) is 1. The molecule has 4 aromatic rings. The van der Waals surface area contributed by atoms with Gasteiger partial charge in [-0.1, -0.05) is 25.5 Å². The van der Waals surface area contributed by atoms with Gasteiger partial charge in [-0.3, -0.25) is 0 Å². The van der Waals surface area contributed by atoms with Crippen LogP contribution in [-0.2, 0) is 24.0 Å². The molecule has 0 saturated carbocycles. The Morgan fingerprint density at radius 2 is 1.91 bits per heavy atom. The fraction of sp³-hybridized carbons (Fsp3) is 0.280. The second-order valence-corrected chi connectivity index (χ2v) is 9.04. The predicted molar refractivity (Wildman–Crippen MR) is 125 cm³/mol. The highest BCUT2D eigenvalue weighted by atomic mass is 32.1. The first kappa shape index (κ1) is 23.8. The summed E-state index contributed by atoms with van der Waals surface area (Å²) in [5.74, 6) is -0.268. The minimum atomic E-state index is -4.37. The van der Waals surface area contributed by atoms with Crippen molar-refractivity contribution in [3.63, 3.8) is 0 Å². The van der Waals surface area contributed by atoms with Gasteiger partial charge < -0.3 is 14.4 Å². The van der Waals surface area contributed by atoms with E-state index in [1.165, 1.54) is 23.5 Å². The Bertz CT molecular complexity index is 1310. The molecule has 1 atom stereocenters. The number of benzene rings is 2. The van der Waals surface area contributed by atoms with Crippen molar-refractivity contribution in [3.8, 4) is 16.3 Å². The molecule has 0 aliphatic rings. The topological polar surface area (TPSA) is 64.4 Å². The zero-order valence-corrected chi connectivity index (χ0v) is 19.4. The Morgan fingerprint density at radius 3 is 2.56 bits per heavy atom. The smallest absolute Gasteiger partial charge is 0.416 e. The standard InChI is InChI=1S/C25H23F3N2O3S/c1-3-4-20-22(34-23(29-20)16-5-7-18(8-6-16)25(26,27)28)14-33-19-9-10-21-17(13-19)11-12-30(21)15(2)24(31)32/h5-13,15H,3-4,14H2,1-2H3,(H,31,32). The third kappa shape index (κ3) is 4.94. The first-order chi connectivity index (χ1) is 16.2. The summed E-state index contributed by atoms with van der Waals surface area (Å²) in [5, 5.41) is 10.8. The van der Waals surface area contributed by atoms with Crippen LogP contribution in [0.3, 0.4) is 0 Å². The SMILES string of the molecule is CCCc1nc(-c2ccc(C(F)(F)F)cc2)sc1COc1ccc2c(ccn2C(C)C(=O)O)c1. The van der Waals surface area contributed by atoms with E-state index in [0.29, 0.717) is 16.3 Å². The summed E-state index contributed by atoms with van der Waals surface area (Å²) in [7, 11) is 0. The largest absolute Gasteiger partial charge is 0.488 e. The zero-order chi connectivity index (χ0) is 24.5. The molecule has 1 unspecified atom stereocenters. The number of fused-ring (bicyclic) bond motifs is 1. The summed E-state index contributed by atoms with van der Waals surface area (Å²) in [6.45, 7) is 3.95. The van der Waals surface area contributed by atoms with Gasteiger partial charge in [0, 0.05) is 22.7 Å². The fourth-order valence-corrected chi connectivity index (χ4v) is 4.72. The molecular formula is C25H23F3N2O3S. The first-order valence-corrected chi connectivity index (χ1v) is 11.6. The van der Waals surface area contributed by atoms with Crippen molar-refractivity contribution in [2.24, 2.45) is 0 Å². The Morgan fingerprint density at radius 1 is 1.18 bits per heavy atom. The number of aromatic nitrogens is 2. The van der Waals surface area contributed by atoms with E-state index in [9.17, 15) is 23.1 Å². The van der Waals surface area contributed by atoms with Gasteiger partial charge in [0.2, 0.25) is 0 Å². The molecule has 1 N–H and O–H groups in total. The van der Waals surface area contributed by atoms with Gasteiger partial charge in [-0.2, -0.15) is 13.2 Å². The van der Waals surface area contributed by atoms with Gasteiger partial charge in [-0.05, 0) is 49.7 Å². The van der Waals surface area contributed by atoms with Crippen LogP contribution in [0.25, 0.3) is 21.5 Å². The molecule has 2 heterocycles. The minimum absolute atomic E-state index is 0.283. The van der Waals surface area contributed by atoms with Crippen molar-refractivity contribution in [2.45, 2.75) is 45.5 Å². The summed E-state index contributed by atoms with van der Waals surface area (Å²) >= 11 is 1.41. The number of nitrogens with zero attached hydrogens (tertiary/aromatic N) is 2. The maximum Gasteiger partial charge on any atom is 0.416 e. The van der Waals surface area contributed by atoms with Gasteiger partial charge in [0.15, 0.2) is 0 Å². The van der Waals surface area contributed by atoms with E-state index in [1.54, 1.807) is 23.8 Å². The van der Waals surface area contributed by atoms with E-state index >= 15 is 0 Å². The highest BCUT2D eigenvalue weighted by molar-refractivity contribution is 7.15. The van der Waals surface area contributed by atoms with Crippen LogP contribution < -0.4 is 4.74 Å². The Balaban J connectivity index is 1.54. The normalized spacial score (nSPS) is 12.7. The lowest BCUT2D eigenvalue weighted by Gasteiger charge is -2.11. The molecule has 0 saturated heterocycles. The van der Waals surface area contributed by atoms with Gasteiger partial charge in [0.05, 0.1) is 16.1 Å². The average molecular weight is 489 g/mol. The molecule has 0 amide bonds. The van der Waals surface area contributed by atoms with Crippen LogP contribution in [0.5, 0.6) is 5.75 Å². The molecule has 0 fully saturated rings. The van der Waals surface area contributed by atoms with Gasteiger partial charge >= 0.3 is 12.1 Å². The Kier molecular flexibility index (Phi) is 6.65. The van der Waals surface area contributed by atoms with Crippen molar-refractivity contribution >= 4 is 28.2 Å². The molecular weight excluding hydrogens is 465 g/mol. The molecule has 0 aliphatic heterocycles. The van der Waals surface area contributed by atoms with Crippen LogP contribution in [0.15, 0.2) is 54.7 Å². The van der Waals surface area contributed by atoms with Crippen LogP contribution in [0, 0.1) is 0 Å².